The summed E-state index contributed by atoms with van der Waals surface area (Å²) in [4.78, 5) is 3.02. The minimum absolute atomic E-state index is 0.407. The van der Waals surface area contributed by atoms with Crippen molar-refractivity contribution in [3.63, 3.8) is 0 Å². The maximum Gasteiger partial charge on any atom is 0.0129 e. The van der Waals surface area contributed by atoms with Crippen molar-refractivity contribution in [2.24, 2.45) is 40.9 Å². The van der Waals surface area contributed by atoms with Crippen LogP contribution in [0.4, 0.5) is 0 Å². The second-order valence-corrected chi connectivity index (χ2v) is 11.9. The van der Waals surface area contributed by atoms with Gasteiger partial charge in [-0.2, -0.15) is 0 Å². The highest BCUT2D eigenvalue weighted by molar-refractivity contribution is 4.96. The van der Waals surface area contributed by atoms with E-state index >= 15 is 0 Å². The minimum Gasteiger partial charge on any atom is -0.294 e. The van der Waals surface area contributed by atoms with E-state index in [1.807, 2.05) is 0 Å². The van der Waals surface area contributed by atoms with Gasteiger partial charge in [-0.05, 0) is 73.5 Å². The molecule has 6 unspecified atom stereocenters. The van der Waals surface area contributed by atoms with Crippen LogP contribution in [0.15, 0.2) is 0 Å². The molecule has 168 valence electrons. The Hall–Kier alpha value is -0.0400. The second kappa shape index (κ2) is 10.8. The number of hydrogen-bond acceptors (Lipinski definition) is 1. The Morgan fingerprint density at radius 2 is 1.32 bits per heavy atom. The van der Waals surface area contributed by atoms with Gasteiger partial charge in [-0.25, -0.2) is 0 Å². The molecule has 1 saturated heterocycles. The Morgan fingerprint density at radius 3 is 1.71 bits per heavy atom. The van der Waals surface area contributed by atoms with Gasteiger partial charge in [-0.1, -0.05) is 82.6 Å². The molecule has 0 aliphatic carbocycles. The van der Waals surface area contributed by atoms with E-state index in [4.69, 9.17) is 0 Å². The SMILES string of the molecule is CCC(C)C1CC(C(C)(C)C(C)C)CC(C(C)C)CC(C(C)C)N1C(C)CC. The molecule has 0 radical (unpaired) electrons. The van der Waals surface area contributed by atoms with Crippen LogP contribution in [0, 0.1) is 40.9 Å². The Bertz CT molecular complexity index is 436. The minimum atomic E-state index is 0.407. The molecule has 1 heterocycles. The van der Waals surface area contributed by atoms with Crippen LogP contribution in [-0.2, 0) is 0 Å². The van der Waals surface area contributed by atoms with Gasteiger partial charge in [0, 0.05) is 18.1 Å². The van der Waals surface area contributed by atoms with Gasteiger partial charge in [-0.15, -0.1) is 0 Å². The lowest BCUT2D eigenvalue weighted by Gasteiger charge is -2.53. The van der Waals surface area contributed by atoms with Gasteiger partial charge >= 0.3 is 0 Å². The van der Waals surface area contributed by atoms with Crippen LogP contribution in [0.1, 0.15) is 115 Å². The summed E-state index contributed by atoms with van der Waals surface area (Å²) in [5, 5.41) is 0. The molecule has 1 aliphatic heterocycles. The number of hydrogen-bond donors (Lipinski definition) is 0. The smallest absolute Gasteiger partial charge is 0.0129 e. The molecule has 1 heteroatoms. The van der Waals surface area contributed by atoms with E-state index in [-0.39, 0.29) is 0 Å². The van der Waals surface area contributed by atoms with Crippen molar-refractivity contribution in [3.8, 4) is 0 Å². The Morgan fingerprint density at radius 1 is 0.750 bits per heavy atom. The summed E-state index contributed by atoms with van der Waals surface area (Å²) in [6.07, 6.45) is 6.76. The zero-order valence-corrected chi connectivity index (χ0v) is 21.7. The molecule has 0 aromatic carbocycles. The van der Waals surface area contributed by atoms with Crippen molar-refractivity contribution in [1.82, 2.24) is 4.90 Å². The molecule has 1 aliphatic rings. The summed E-state index contributed by atoms with van der Waals surface area (Å²) in [5.74, 6) is 4.69. The summed E-state index contributed by atoms with van der Waals surface area (Å²) >= 11 is 0. The van der Waals surface area contributed by atoms with Gasteiger partial charge in [0.2, 0.25) is 0 Å². The van der Waals surface area contributed by atoms with E-state index in [1.165, 1.54) is 32.1 Å². The van der Waals surface area contributed by atoms with Crippen LogP contribution in [0.2, 0.25) is 0 Å². The fraction of sp³-hybridized carbons (Fsp3) is 1.00. The highest BCUT2D eigenvalue weighted by Crippen LogP contribution is 2.47. The molecule has 0 saturated carbocycles. The first kappa shape index (κ1) is 26.0. The first-order chi connectivity index (χ1) is 12.9. The summed E-state index contributed by atoms with van der Waals surface area (Å²) in [6.45, 7) is 29.7. The molecule has 1 nitrogen and oxygen atoms in total. The van der Waals surface area contributed by atoms with Crippen LogP contribution in [0.5, 0.6) is 0 Å². The molecule has 0 bridgehead atoms. The molecule has 6 atom stereocenters. The van der Waals surface area contributed by atoms with E-state index in [9.17, 15) is 0 Å². The van der Waals surface area contributed by atoms with Crippen molar-refractivity contribution in [1.29, 1.82) is 0 Å². The summed E-state index contributed by atoms with van der Waals surface area (Å²) < 4.78 is 0. The fourth-order valence-electron chi connectivity index (χ4n) is 5.55. The molecule has 0 aromatic rings. The van der Waals surface area contributed by atoms with Crippen LogP contribution >= 0.6 is 0 Å². The fourth-order valence-corrected chi connectivity index (χ4v) is 5.55. The van der Waals surface area contributed by atoms with Crippen molar-refractivity contribution < 1.29 is 0 Å². The lowest BCUT2D eigenvalue weighted by atomic mass is 9.62. The Kier molecular flexibility index (Phi) is 10.1. The zero-order chi connectivity index (χ0) is 21.8. The molecule has 1 rings (SSSR count). The van der Waals surface area contributed by atoms with Gasteiger partial charge in [0.05, 0.1) is 0 Å². The van der Waals surface area contributed by atoms with E-state index in [0.29, 0.717) is 11.5 Å². The van der Waals surface area contributed by atoms with E-state index < -0.39 is 0 Å². The van der Waals surface area contributed by atoms with Crippen molar-refractivity contribution in [2.45, 2.75) is 133 Å². The first-order valence-electron chi connectivity index (χ1n) is 12.7. The third-order valence-electron chi connectivity index (χ3n) is 9.08. The molecular formula is C27H55N. The maximum atomic E-state index is 3.02. The van der Waals surface area contributed by atoms with Gasteiger partial charge in [0.25, 0.3) is 0 Å². The average molecular weight is 394 g/mol. The average Bonchev–Trinajstić information content (AvgIpc) is 2.59. The third-order valence-corrected chi connectivity index (χ3v) is 9.08. The molecule has 0 aromatic heterocycles. The maximum absolute atomic E-state index is 3.02. The first-order valence-corrected chi connectivity index (χ1v) is 12.7. The van der Waals surface area contributed by atoms with E-state index in [1.54, 1.807) is 0 Å². The molecule has 0 spiro atoms. The van der Waals surface area contributed by atoms with Gasteiger partial charge in [-0.3, -0.25) is 4.90 Å². The number of likely N-dealkylation sites (tertiary alicyclic amines) is 1. The van der Waals surface area contributed by atoms with Crippen LogP contribution in [-0.4, -0.2) is 23.0 Å². The molecular weight excluding hydrogens is 338 g/mol. The van der Waals surface area contributed by atoms with E-state index in [2.05, 4.69) is 88.0 Å². The predicted molar refractivity (Wildman–Crippen MR) is 128 cm³/mol. The topological polar surface area (TPSA) is 3.24 Å². The standard InChI is InChI=1S/C27H55N/c1-13-21(9)26-17-24(27(11,12)20(7)8)15-23(18(3)4)16-25(19(5)6)28(26)22(10)14-2/h18-26H,13-17H2,1-12H3. The summed E-state index contributed by atoms with van der Waals surface area (Å²) in [5.41, 5.74) is 0.407. The second-order valence-electron chi connectivity index (χ2n) is 11.9. The molecule has 28 heavy (non-hydrogen) atoms. The highest BCUT2D eigenvalue weighted by Gasteiger charge is 2.44. The lowest BCUT2D eigenvalue weighted by Crippen LogP contribution is -2.56. The predicted octanol–water partition coefficient (Wildman–Crippen LogP) is 8.28. The van der Waals surface area contributed by atoms with Crippen molar-refractivity contribution >= 4 is 0 Å². The van der Waals surface area contributed by atoms with Crippen LogP contribution in [0.25, 0.3) is 0 Å². The normalized spacial score (nSPS) is 30.5. The molecule has 1 fully saturated rings. The van der Waals surface area contributed by atoms with Gasteiger partial charge in [0.15, 0.2) is 0 Å². The zero-order valence-electron chi connectivity index (χ0n) is 21.7. The van der Waals surface area contributed by atoms with Gasteiger partial charge < -0.3 is 0 Å². The van der Waals surface area contributed by atoms with E-state index in [0.717, 1.165) is 47.6 Å². The third kappa shape index (κ3) is 5.99. The van der Waals surface area contributed by atoms with Crippen LogP contribution < -0.4 is 0 Å². The van der Waals surface area contributed by atoms with Crippen molar-refractivity contribution in [2.75, 3.05) is 0 Å². The van der Waals surface area contributed by atoms with Crippen LogP contribution in [0.3, 0.4) is 0 Å². The number of nitrogens with zero attached hydrogens (tertiary/aromatic N) is 1. The largest absolute Gasteiger partial charge is 0.294 e. The molecule has 0 N–H and O–H groups in total. The molecule has 0 amide bonds. The lowest BCUT2D eigenvalue weighted by molar-refractivity contribution is -0.0390. The van der Waals surface area contributed by atoms with Gasteiger partial charge in [0.1, 0.15) is 0 Å². The highest BCUT2D eigenvalue weighted by atomic mass is 15.2. The Balaban J connectivity index is 3.48. The quantitative estimate of drug-likeness (QED) is 0.401. The summed E-state index contributed by atoms with van der Waals surface area (Å²) in [6, 6.07) is 2.13. The number of rotatable bonds is 8. The summed E-state index contributed by atoms with van der Waals surface area (Å²) in [7, 11) is 0. The Labute approximate surface area is 179 Å². The van der Waals surface area contributed by atoms with Crippen molar-refractivity contribution in [3.05, 3.63) is 0 Å². The monoisotopic (exact) mass is 393 g/mol.